The number of carbonyl (C=O) groups is 1. The number of aryl methyl sites for hydroxylation is 2. The summed E-state index contributed by atoms with van der Waals surface area (Å²) in [6, 6.07) is 11.9. The number of amides is 1. The second kappa shape index (κ2) is 7.61. The van der Waals surface area contributed by atoms with E-state index in [4.69, 9.17) is 4.52 Å². The zero-order valence-corrected chi connectivity index (χ0v) is 14.4. The third-order valence-electron chi connectivity index (χ3n) is 3.84. The summed E-state index contributed by atoms with van der Waals surface area (Å²) < 4.78 is 42.7. The van der Waals surface area contributed by atoms with Gasteiger partial charge in [0.05, 0.1) is 5.56 Å². The lowest BCUT2D eigenvalue weighted by molar-refractivity contribution is -0.137. The first-order chi connectivity index (χ1) is 12.8. The van der Waals surface area contributed by atoms with Crippen LogP contribution in [0, 0.1) is 6.92 Å². The summed E-state index contributed by atoms with van der Waals surface area (Å²) in [4.78, 5) is 16.2. The summed E-state index contributed by atoms with van der Waals surface area (Å²) >= 11 is 0. The van der Waals surface area contributed by atoms with Crippen molar-refractivity contribution in [3.05, 3.63) is 65.5 Å². The van der Waals surface area contributed by atoms with Crippen LogP contribution in [0.15, 0.2) is 53.1 Å². The maximum absolute atomic E-state index is 12.5. The average Bonchev–Trinajstić information content (AvgIpc) is 3.09. The summed E-state index contributed by atoms with van der Waals surface area (Å²) in [5.74, 6) is 0.395. The molecule has 8 heteroatoms. The quantitative estimate of drug-likeness (QED) is 0.706. The van der Waals surface area contributed by atoms with E-state index in [1.165, 1.54) is 12.1 Å². The van der Waals surface area contributed by atoms with Gasteiger partial charge in [0.2, 0.25) is 17.6 Å². The first-order valence-electron chi connectivity index (χ1n) is 8.18. The summed E-state index contributed by atoms with van der Waals surface area (Å²) in [6.45, 7) is 1.97. The van der Waals surface area contributed by atoms with Gasteiger partial charge in [0.1, 0.15) is 0 Å². The van der Waals surface area contributed by atoms with Crippen molar-refractivity contribution in [2.75, 3.05) is 5.32 Å². The minimum atomic E-state index is -4.41. The number of rotatable bonds is 5. The van der Waals surface area contributed by atoms with E-state index in [9.17, 15) is 18.0 Å². The van der Waals surface area contributed by atoms with Crippen LogP contribution in [-0.2, 0) is 17.4 Å². The topological polar surface area (TPSA) is 68.0 Å². The highest BCUT2D eigenvalue weighted by Gasteiger charge is 2.29. The van der Waals surface area contributed by atoms with Crippen LogP contribution in [0.4, 0.5) is 18.9 Å². The number of benzene rings is 2. The SMILES string of the molecule is Cc1ccc(-c2noc(CCC(=O)Nc3ccc(C(F)(F)F)cc3)n2)cc1. The van der Waals surface area contributed by atoms with Crippen LogP contribution >= 0.6 is 0 Å². The Morgan fingerprint density at radius 1 is 1.07 bits per heavy atom. The van der Waals surface area contributed by atoms with Crippen molar-refractivity contribution in [1.82, 2.24) is 10.1 Å². The molecule has 0 radical (unpaired) electrons. The summed E-state index contributed by atoms with van der Waals surface area (Å²) in [5, 5.41) is 6.43. The predicted octanol–water partition coefficient (Wildman–Crippen LogP) is 4.64. The van der Waals surface area contributed by atoms with Crippen LogP contribution in [-0.4, -0.2) is 16.0 Å². The molecule has 2 aromatic carbocycles. The van der Waals surface area contributed by atoms with Crippen LogP contribution in [0.25, 0.3) is 11.4 Å². The predicted molar refractivity (Wildman–Crippen MR) is 92.9 cm³/mol. The van der Waals surface area contributed by atoms with Gasteiger partial charge in [0.15, 0.2) is 0 Å². The molecule has 0 unspecified atom stereocenters. The highest BCUT2D eigenvalue weighted by molar-refractivity contribution is 5.90. The molecule has 1 aromatic heterocycles. The van der Waals surface area contributed by atoms with Crippen molar-refractivity contribution in [3.8, 4) is 11.4 Å². The maximum atomic E-state index is 12.5. The lowest BCUT2D eigenvalue weighted by Crippen LogP contribution is -2.13. The molecule has 27 heavy (non-hydrogen) atoms. The third kappa shape index (κ3) is 4.93. The molecule has 0 aliphatic carbocycles. The molecule has 0 fully saturated rings. The van der Waals surface area contributed by atoms with E-state index in [0.29, 0.717) is 17.4 Å². The molecule has 1 heterocycles. The monoisotopic (exact) mass is 375 g/mol. The first-order valence-corrected chi connectivity index (χ1v) is 8.18. The van der Waals surface area contributed by atoms with E-state index < -0.39 is 11.7 Å². The third-order valence-corrected chi connectivity index (χ3v) is 3.84. The van der Waals surface area contributed by atoms with Crippen LogP contribution in [0.1, 0.15) is 23.4 Å². The van der Waals surface area contributed by atoms with E-state index in [1.54, 1.807) is 0 Å². The van der Waals surface area contributed by atoms with Gasteiger partial charge in [-0.3, -0.25) is 4.79 Å². The molecule has 3 rings (SSSR count). The smallest absolute Gasteiger partial charge is 0.339 e. The number of hydrogen-bond donors (Lipinski definition) is 1. The van der Waals surface area contributed by atoms with Crippen LogP contribution in [0.5, 0.6) is 0 Å². The van der Waals surface area contributed by atoms with Crippen LogP contribution in [0.2, 0.25) is 0 Å². The molecular formula is C19H16F3N3O2. The number of nitrogens with one attached hydrogen (secondary N) is 1. The molecule has 3 aromatic rings. The number of halogens is 3. The number of hydrogen-bond acceptors (Lipinski definition) is 4. The zero-order chi connectivity index (χ0) is 19.4. The summed E-state index contributed by atoms with van der Waals surface area (Å²) in [5.41, 5.74) is 1.45. The Balaban J connectivity index is 1.54. The van der Waals surface area contributed by atoms with Gasteiger partial charge in [-0.1, -0.05) is 35.0 Å². The molecule has 140 valence electrons. The molecular weight excluding hydrogens is 359 g/mol. The first kappa shape index (κ1) is 18.6. The number of carbonyl (C=O) groups excluding carboxylic acids is 1. The standard InChI is InChI=1S/C19H16F3N3O2/c1-12-2-4-13(5-3-12)18-24-17(27-25-18)11-10-16(26)23-15-8-6-14(7-9-15)19(20,21)22/h2-9H,10-11H2,1H3,(H,23,26). The van der Waals surface area contributed by atoms with Crippen molar-refractivity contribution in [2.24, 2.45) is 0 Å². The molecule has 0 bridgehead atoms. The normalized spacial score (nSPS) is 11.4. The lowest BCUT2D eigenvalue weighted by atomic mass is 10.1. The molecule has 1 amide bonds. The average molecular weight is 375 g/mol. The Morgan fingerprint density at radius 3 is 2.37 bits per heavy atom. The van der Waals surface area contributed by atoms with Crippen molar-refractivity contribution in [1.29, 1.82) is 0 Å². The van der Waals surface area contributed by atoms with Gasteiger partial charge >= 0.3 is 6.18 Å². The van der Waals surface area contributed by atoms with E-state index in [-0.39, 0.29) is 18.7 Å². The van der Waals surface area contributed by atoms with Crippen LogP contribution < -0.4 is 5.32 Å². The second-order valence-electron chi connectivity index (χ2n) is 6.00. The van der Waals surface area contributed by atoms with Gasteiger partial charge in [0, 0.05) is 24.1 Å². The van der Waals surface area contributed by atoms with Crippen molar-refractivity contribution in [2.45, 2.75) is 25.9 Å². The largest absolute Gasteiger partial charge is 0.416 e. The lowest BCUT2D eigenvalue weighted by Gasteiger charge is -2.08. The molecule has 0 saturated heterocycles. The Bertz CT molecular complexity index is 917. The maximum Gasteiger partial charge on any atom is 0.416 e. The highest BCUT2D eigenvalue weighted by Crippen LogP contribution is 2.29. The van der Waals surface area contributed by atoms with E-state index in [2.05, 4.69) is 15.5 Å². The fraction of sp³-hybridized carbons (Fsp3) is 0.211. The molecule has 5 nitrogen and oxygen atoms in total. The summed E-state index contributed by atoms with van der Waals surface area (Å²) in [6.07, 6.45) is -4.11. The second-order valence-corrected chi connectivity index (χ2v) is 6.00. The Labute approximate surface area is 153 Å². The molecule has 0 aliphatic rings. The number of nitrogens with zero attached hydrogens (tertiary/aromatic N) is 2. The highest BCUT2D eigenvalue weighted by atomic mass is 19.4. The van der Waals surface area contributed by atoms with Gasteiger partial charge < -0.3 is 9.84 Å². The van der Waals surface area contributed by atoms with Gasteiger partial charge in [-0.25, -0.2) is 0 Å². The van der Waals surface area contributed by atoms with Gasteiger partial charge in [-0.15, -0.1) is 0 Å². The molecule has 1 N–H and O–H groups in total. The number of aromatic nitrogens is 2. The van der Waals surface area contributed by atoms with Gasteiger partial charge in [0.25, 0.3) is 0 Å². The molecule has 0 saturated carbocycles. The van der Waals surface area contributed by atoms with Gasteiger partial charge in [-0.05, 0) is 31.2 Å². The Kier molecular flexibility index (Phi) is 5.25. The van der Waals surface area contributed by atoms with E-state index in [0.717, 1.165) is 23.3 Å². The zero-order valence-electron chi connectivity index (χ0n) is 14.4. The van der Waals surface area contributed by atoms with E-state index >= 15 is 0 Å². The molecule has 0 atom stereocenters. The molecule has 0 spiro atoms. The van der Waals surface area contributed by atoms with Crippen molar-refractivity contribution < 1.29 is 22.5 Å². The number of anilines is 1. The van der Waals surface area contributed by atoms with Gasteiger partial charge in [-0.2, -0.15) is 18.2 Å². The number of alkyl halides is 3. The van der Waals surface area contributed by atoms with Crippen LogP contribution in [0.3, 0.4) is 0 Å². The van der Waals surface area contributed by atoms with E-state index in [1.807, 2.05) is 31.2 Å². The fourth-order valence-corrected chi connectivity index (χ4v) is 2.36. The Hall–Kier alpha value is -3.16. The van der Waals surface area contributed by atoms with Crippen molar-refractivity contribution >= 4 is 11.6 Å². The molecule has 0 aliphatic heterocycles. The van der Waals surface area contributed by atoms with Crippen molar-refractivity contribution in [3.63, 3.8) is 0 Å². The minimum absolute atomic E-state index is 0.0660. The fourth-order valence-electron chi connectivity index (χ4n) is 2.36. The minimum Gasteiger partial charge on any atom is -0.339 e. The Morgan fingerprint density at radius 2 is 1.74 bits per heavy atom. The summed E-state index contributed by atoms with van der Waals surface area (Å²) in [7, 11) is 0.